The van der Waals surface area contributed by atoms with Gasteiger partial charge in [0.05, 0.1) is 10.9 Å². The minimum absolute atomic E-state index is 0.287. The number of hydrogen-bond donors (Lipinski definition) is 2. The van der Waals surface area contributed by atoms with Crippen LogP contribution in [-0.4, -0.2) is 25.2 Å². The van der Waals surface area contributed by atoms with Crippen molar-refractivity contribution >= 4 is 22.5 Å². The predicted octanol–water partition coefficient (Wildman–Crippen LogP) is 1.40. The van der Waals surface area contributed by atoms with Crippen LogP contribution in [0.15, 0.2) is 6.20 Å². The van der Waals surface area contributed by atoms with Gasteiger partial charge in [-0.15, -0.1) is 0 Å². The van der Waals surface area contributed by atoms with Crippen LogP contribution in [0, 0.1) is 6.92 Å². The lowest BCUT2D eigenvalue weighted by Gasteiger charge is -2.03. The van der Waals surface area contributed by atoms with Crippen LogP contribution in [-0.2, 0) is 0 Å². The third-order valence-corrected chi connectivity index (χ3v) is 2.27. The molecule has 2 rings (SSSR count). The molecule has 0 saturated heterocycles. The zero-order valence-electron chi connectivity index (χ0n) is 7.19. The number of aromatic hydroxyl groups is 2. The Morgan fingerprint density at radius 2 is 2.00 bits per heavy atom. The molecular weight excluding hydrogens is 206 g/mol. The molecule has 2 aromatic rings. The van der Waals surface area contributed by atoms with E-state index < -0.39 is 6.01 Å². The monoisotopic (exact) mass is 211 g/mol. The Labute approximate surface area is 84.0 Å². The molecule has 0 aliphatic rings. The number of hydrogen-bond acceptors (Lipinski definition) is 5. The Bertz CT molecular complexity index is 515. The van der Waals surface area contributed by atoms with E-state index in [0.717, 1.165) is 0 Å². The maximum absolute atomic E-state index is 9.37. The normalized spacial score (nSPS) is 10.7. The summed E-state index contributed by atoms with van der Waals surface area (Å²) < 4.78 is 0. The molecule has 0 atom stereocenters. The first-order chi connectivity index (χ1) is 6.59. The van der Waals surface area contributed by atoms with Crippen molar-refractivity contribution in [3.05, 3.63) is 16.9 Å². The number of pyridine rings is 1. The minimum Gasteiger partial charge on any atom is -0.493 e. The molecule has 0 saturated carbocycles. The maximum Gasteiger partial charge on any atom is 0.317 e. The van der Waals surface area contributed by atoms with E-state index >= 15 is 0 Å². The van der Waals surface area contributed by atoms with Gasteiger partial charge in [-0.25, -0.2) is 4.98 Å². The Hall–Kier alpha value is -1.62. The number of aryl methyl sites for hydroxylation is 1. The molecule has 0 bridgehead atoms. The largest absolute Gasteiger partial charge is 0.493 e. The zero-order chi connectivity index (χ0) is 10.3. The van der Waals surface area contributed by atoms with Crippen molar-refractivity contribution in [3.8, 4) is 11.9 Å². The molecule has 72 valence electrons. The van der Waals surface area contributed by atoms with E-state index in [0.29, 0.717) is 16.5 Å². The highest BCUT2D eigenvalue weighted by Gasteiger charge is 2.10. The second-order valence-electron chi connectivity index (χ2n) is 2.78. The summed E-state index contributed by atoms with van der Waals surface area (Å²) in [7, 11) is 0. The summed E-state index contributed by atoms with van der Waals surface area (Å²) in [6.07, 6.45) is 1.36. The topological polar surface area (TPSA) is 79.1 Å². The molecule has 2 aromatic heterocycles. The molecule has 5 nitrogen and oxygen atoms in total. The number of fused-ring (bicyclic) bond motifs is 1. The Kier molecular flexibility index (Phi) is 1.89. The van der Waals surface area contributed by atoms with Gasteiger partial charge < -0.3 is 10.2 Å². The zero-order valence-corrected chi connectivity index (χ0v) is 7.95. The summed E-state index contributed by atoms with van der Waals surface area (Å²) in [4.78, 5) is 11.0. The molecule has 2 N–H and O–H groups in total. The van der Waals surface area contributed by atoms with Gasteiger partial charge in [-0.1, -0.05) is 11.6 Å². The molecule has 0 aliphatic carbocycles. The van der Waals surface area contributed by atoms with Gasteiger partial charge in [0.25, 0.3) is 0 Å². The van der Waals surface area contributed by atoms with Crippen LogP contribution in [0.3, 0.4) is 0 Å². The van der Waals surface area contributed by atoms with Gasteiger partial charge >= 0.3 is 6.01 Å². The molecule has 6 heteroatoms. The SMILES string of the molecule is Cc1c(Cl)ncc2c(O)nc(O)nc12. The van der Waals surface area contributed by atoms with Crippen LogP contribution in [0.2, 0.25) is 5.15 Å². The smallest absolute Gasteiger partial charge is 0.317 e. The van der Waals surface area contributed by atoms with Gasteiger partial charge in [0, 0.05) is 11.8 Å². The summed E-state index contributed by atoms with van der Waals surface area (Å²) in [6, 6.07) is -0.486. The second kappa shape index (κ2) is 2.95. The summed E-state index contributed by atoms with van der Waals surface area (Å²) in [5.74, 6) is -0.306. The van der Waals surface area contributed by atoms with Crippen LogP contribution in [0.5, 0.6) is 11.9 Å². The van der Waals surface area contributed by atoms with E-state index in [1.54, 1.807) is 6.92 Å². The molecular formula is C8H6ClN3O2. The molecule has 0 aromatic carbocycles. The summed E-state index contributed by atoms with van der Waals surface area (Å²) >= 11 is 5.76. The van der Waals surface area contributed by atoms with Crippen LogP contribution in [0.1, 0.15) is 5.56 Å². The summed E-state index contributed by atoms with van der Waals surface area (Å²) in [5.41, 5.74) is 0.993. The van der Waals surface area contributed by atoms with Crippen molar-refractivity contribution in [2.24, 2.45) is 0 Å². The van der Waals surface area contributed by atoms with Gasteiger partial charge in [0.15, 0.2) is 0 Å². The number of halogens is 1. The van der Waals surface area contributed by atoms with E-state index in [4.69, 9.17) is 16.7 Å². The molecule has 2 heterocycles. The minimum atomic E-state index is -0.486. The fraction of sp³-hybridized carbons (Fsp3) is 0.125. The van der Waals surface area contributed by atoms with Crippen molar-refractivity contribution in [1.82, 2.24) is 15.0 Å². The molecule has 0 spiro atoms. The molecule has 0 fully saturated rings. The summed E-state index contributed by atoms with van der Waals surface area (Å²) in [5, 5.41) is 19.1. The maximum atomic E-state index is 9.37. The molecule has 0 amide bonds. The van der Waals surface area contributed by atoms with Crippen molar-refractivity contribution in [1.29, 1.82) is 0 Å². The van der Waals surface area contributed by atoms with Gasteiger partial charge in [-0.3, -0.25) is 0 Å². The van der Waals surface area contributed by atoms with Crippen LogP contribution >= 0.6 is 11.6 Å². The third-order valence-electron chi connectivity index (χ3n) is 1.89. The third kappa shape index (κ3) is 1.22. The lowest BCUT2D eigenvalue weighted by molar-refractivity contribution is 0.403. The first-order valence-corrected chi connectivity index (χ1v) is 4.18. The highest BCUT2D eigenvalue weighted by Crippen LogP contribution is 2.27. The first-order valence-electron chi connectivity index (χ1n) is 3.80. The molecule has 0 unspecified atom stereocenters. The Morgan fingerprint density at radius 1 is 1.29 bits per heavy atom. The second-order valence-corrected chi connectivity index (χ2v) is 3.14. The summed E-state index contributed by atoms with van der Waals surface area (Å²) in [6.45, 7) is 1.70. The Balaban J connectivity index is 2.95. The molecule has 0 aliphatic heterocycles. The Morgan fingerprint density at radius 3 is 2.71 bits per heavy atom. The van der Waals surface area contributed by atoms with Crippen molar-refractivity contribution in [2.45, 2.75) is 6.92 Å². The van der Waals surface area contributed by atoms with Crippen molar-refractivity contribution in [3.63, 3.8) is 0 Å². The van der Waals surface area contributed by atoms with E-state index in [2.05, 4.69) is 15.0 Å². The number of rotatable bonds is 0. The van der Waals surface area contributed by atoms with Crippen molar-refractivity contribution in [2.75, 3.05) is 0 Å². The van der Waals surface area contributed by atoms with Gasteiger partial charge in [0.1, 0.15) is 5.15 Å². The molecule has 0 radical (unpaired) electrons. The lowest BCUT2D eigenvalue weighted by atomic mass is 10.2. The standard InChI is InChI=1S/C8H6ClN3O2/c1-3-5-4(2-10-6(3)9)7(13)12-8(14)11-5/h2H,1H3,(H2,11,12,13,14). The lowest BCUT2D eigenvalue weighted by Crippen LogP contribution is -1.91. The van der Waals surface area contributed by atoms with E-state index in [1.165, 1.54) is 6.20 Å². The highest BCUT2D eigenvalue weighted by atomic mass is 35.5. The highest BCUT2D eigenvalue weighted by molar-refractivity contribution is 6.30. The van der Waals surface area contributed by atoms with Gasteiger partial charge in [-0.2, -0.15) is 9.97 Å². The first kappa shape index (κ1) is 8.96. The number of aromatic nitrogens is 3. The van der Waals surface area contributed by atoms with Crippen LogP contribution in [0.4, 0.5) is 0 Å². The van der Waals surface area contributed by atoms with E-state index in [9.17, 15) is 5.11 Å². The van der Waals surface area contributed by atoms with Gasteiger partial charge in [-0.05, 0) is 6.92 Å². The van der Waals surface area contributed by atoms with Gasteiger partial charge in [0.2, 0.25) is 5.88 Å². The van der Waals surface area contributed by atoms with Crippen LogP contribution < -0.4 is 0 Å². The average Bonchev–Trinajstić information content (AvgIpc) is 2.12. The fourth-order valence-corrected chi connectivity index (χ4v) is 1.30. The predicted molar refractivity (Wildman–Crippen MR) is 50.4 cm³/mol. The van der Waals surface area contributed by atoms with E-state index in [-0.39, 0.29) is 11.0 Å². The van der Waals surface area contributed by atoms with E-state index in [1.807, 2.05) is 0 Å². The number of nitrogens with zero attached hydrogens (tertiary/aromatic N) is 3. The fourth-order valence-electron chi connectivity index (χ4n) is 1.17. The van der Waals surface area contributed by atoms with Crippen molar-refractivity contribution < 1.29 is 10.2 Å². The molecule has 14 heavy (non-hydrogen) atoms. The van der Waals surface area contributed by atoms with Crippen LogP contribution in [0.25, 0.3) is 10.9 Å². The average molecular weight is 212 g/mol. The quantitative estimate of drug-likeness (QED) is 0.644.